The maximum Gasteiger partial charge on any atom is 0.218 e. The van der Waals surface area contributed by atoms with Crippen molar-refractivity contribution in [3.63, 3.8) is 0 Å². The van der Waals surface area contributed by atoms with Gasteiger partial charge in [-0.25, -0.2) is 0 Å². The zero-order valence-corrected chi connectivity index (χ0v) is 10.2. The van der Waals surface area contributed by atoms with Gasteiger partial charge in [0.25, 0.3) is 0 Å². The number of aliphatic hydroxyl groups is 1. The van der Waals surface area contributed by atoms with Crippen LogP contribution in [0.15, 0.2) is 0 Å². The summed E-state index contributed by atoms with van der Waals surface area (Å²) in [7, 11) is 0. The van der Waals surface area contributed by atoms with Gasteiger partial charge in [-0.05, 0) is 25.7 Å². The third-order valence-corrected chi connectivity index (χ3v) is 4.00. The van der Waals surface area contributed by atoms with Crippen molar-refractivity contribution in [1.82, 2.24) is 4.90 Å². The predicted molar refractivity (Wildman–Crippen MR) is 63.4 cm³/mol. The zero-order chi connectivity index (χ0) is 12.3. The normalized spacial score (nSPS) is 29.4. The molecule has 5 heteroatoms. The van der Waals surface area contributed by atoms with Gasteiger partial charge in [-0.15, -0.1) is 0 Å². The molecule has 5 nitrogen and oxygen atoms in total. The molecule has 2 heterocycles. The van der Waals surface area contributed by atoms with Gasteiger partial charge < -0.3 is 20.5 Å². The van der Waals surface area contributed by atoms with E-state index in [1.165, 1.54) is 0 Å². The van der Waals surface area contributed by atoms with E-state index in [0.717, 1.165) is 51.9 Å². The van der Waals surface area contributed by atoms with Crippen LogP contribution in [0.3, 0.4) is 0 Å². The molecule has 0 aromatic carbocycles. The molecule has 3 N–H and O–H groups in total. The minimum atomic E-state index is -0.324. The average Bonchev–Trinajstić information content (AvgIpc) is 2.32. The van der Waals surface area contributed by atoms with Crippen molar-refractivity contribution >= 4 is 5.91 Å². The highest BCUT2D eigenvalue weighted by Gasteiger charge is 2.43. The molecule has 0 saturated carbocycles. The van der Waals surface area contributed by atoms with Gasteiger partial charge in [-0.3, -0.25) is 4.79 Å². The Morgan fingerprint density at radius 3 is 2.76 bits per heavy atom. The van der Waals surface area contributed by atoms with Gasteiger partial charge >= 0.3 is 0 Å². The lowest BCUT2D eigenvalue weighted by molar-refractivity contribution is -0.176. The minimum Gasteiger partial charge on any atom is -0.390 e. The van der Waals surface area contributed by atoms with Crippen molar-refractivity contribution in [2.75, 3.05) is 26.2 Å². The summed E-state index contributed by atoms with van der Waals surface area (Å²) in [5.41, 5.74) is 4.82. The average molecular weight is 242 g/mol. The van der Waals surface area contributed by atoms with Gasteiger partial charge in [-0.1, -0.05) is 0 Å². The number of hydrogen-bond donors (Lipinski definition) is 2. The van der Waals surface area contributed by atoms with Gasteiger partial charge in [0.1, 0.15) is 0 Å². The molecule has 0 aromatic rings. The van der Waals surface area contributed by atoms with E-state index in [9.17, 15) is 9.90 Å². The number of aliphatic hydroxyl groups excluding tert-OH is 1. The molecule has 0 aromatic heterocycles. The van der Waals surface area contributed by atoms with Crippen LogP contribution in [0.4, 0.5) is 0 Å². The Kier molecular flexibility index (Phi) is 4.01. The van der Waals surface area contributed by atoms with E-state index in [0.29, 0.717) is 6.42 Å². The lowest BCUT2D eigenvalue weighted by Crippen LogP contribution is -2.55. The van der Waals surface area contributed by atoms with Crippen molar-refractivity contribution in [1.29, 1.82) is 0 Å². The van der Waals surface area contributed by atoms with E-state index in [1.807, 2.05) is 0 Å². The fraction of sp³-hybridized carbons (Fsp3) is 0.917. The summed E-state index contributed by atoms with van der Waals surface area (Å²) >= 11 is 0. The molecular formula is C12H22N2O3. The van der Waals surface area contributed by atoms with Crippen LogP contribution in [0.1, 0.15) is 32.1 Å². The molecule has 2 aliphatic heterocycles. The molecule has 2 aliphatic rings. The SMILES string of the molecule is NC(=O)CCN1CCC2(CC1)OCCCC2O. The Labute approximate surface area is 102 Å². The number of hydrogen-bond acceptors (Lipinski definition) is 4. The number of carbonyl (C=O) groups excluding carboxylic acids is 1. The summed E-state index contributed by atoms with van der Waals surface area (Å²) in [5.74, 6) is -0.251. The molecule has 98 valence electrons. The Bertz CT molecular complexity index is 275. The van der Waals surface area contributed by atoms with E-state index < -0.39 is 0 Å². The maximum absolute atomic E-state index is 10.7. The molecule has 0 aliphatic carbocycles. The summed E-state index contributed by atoms with van der Waals surface area (Å²) in [4.78, 5) is 12.9. The number of amides is 1. The Morgan fingerprint density at radius 1 is 1.47 bits per heavy atom. The monoisotopic (exact) mass is 242 g/mol. The van der Waals surface area contributed by atoms with E-state index in [2.05, 4.69) is 4.90 Å². The van der Waals surface area contributed by atoms with Crippen LogP contribution in [-0.4, -0.2) is 53.9 Å². The number of nitrogens with two attached hydrogens (primary N) is 1. The third kappa shape index (κ3) is 2.97. The number of piperidine rings is 1. The minimum absolute atomic E-state index is 0.251. The molecule has 2 fully saturated rings. The van der Waals surface area contributed by atoms with Crippen molar-refractivity contribution in [3.05, 3.63) is 0 Å². The summed E-state index contributed by atoms with van der Waals surface area (Å²) in [5, 5.41) is 10.1. The number of nitrogens with zero attached hydrogens (tertiary/aromatic N) is 1. The summed E-state index contributed by atoms with van der Waals surface area (Å²) in [6.45, 7) is 3.24. The van der Waals surface area contributed by atoms with Crippen molar-refractivity contribution in [3.8, 4) is 0 Å². The first-order valence-corrected chi connectivity index (χ1v) is 6.45. The second-order valence-electron chi connectivity index (χ2n) is 5.13. The highest BCUT2D eigenvalue weighted by molar-refractivity contribution is 5.73. The van der Waals surface area contributed by atoms with Crippen molar-refractivity contribution in [2.45, 2.75) is 43.8 Å². The van der Waals surface area contributed by atoms with E-state index in [-0.39, 0.29) is 17.6 Å². The van der Waals surface area contributed by atoms with Crippen LogP contribution in [0.25, 0.3) is 0 Å². The zero-order valence-electron chi connectivity index (χ0n) is 10.2. The van der Waals surface area contributed by atoms with Crippen molar-refractivity contribution < 1.29 is 14.6 Å². The third-order valence-electron chi connectivity index (χ3n) is 4.00. The second kappa shape index (κ2) is 5.33. The lowest BCUT2D eigenvalue weighted by atomic mass is 9.82. The quantitative estimate of drug-likeness (QED) is 0.722. The second-order valence-corrected chi connectivity index (χ2v) is 5.13. The Morgan fingerprint density at radius 2 is 2.18 bits per heavy atom. The molecule has 1 atom stereocenters. The Hall–Kier alpha value is -0.650. The molecule has 2 rings (SSSR count). The molecule has 1 amide bonds. The fourth-order valence-electron chi connectivity index (χ4n) is 2.81. The van der Waals surface area contributed by atoms with Crippen LogP contribution in [0.2, 0.25) is 0 Å². The van der Waals surface area contributed by atoms with Gasteiger partial charge in [0.2, 0.25) is 5.91 Å². The van der Waals surface area contributed by atoms with Crippen LogP contribution in [0, 0.1) is 0 Å². The van der Waals surface area contributed by atoms with Crippen LogP contribution in [0.5, 0.6) is 0 Å². The summed E-state index contributed by atoms with van der Waals surface area (Å²) in [6.07, 6.45) is 3.60. The summed E-state index contributed by atoms with van der Waals surface area (Å²) in [6, 6.07) is 0. The van der Waals surface area contributed by atoms with Crippen LogP contribution < -0.4 is 5.73 Å². The number of likely N-dealkylation sites (tertiary alicyclic amines) is 1. The molecule has 0 radical (unpaired) electrons. The largest absolute Gasteiger partial charge is 0.390 e. The topological polar surface area (TPSA) is 75.8 Å². The van der Waals surface area contributed by atoms with Gasteiger partial charge in [0, 0.05) is 32.7 Å². The number of carbonyl (C=O) groups is 1. The first-order valence-electron chi connectivity index (χ1n) is 6.45. The maximum atomic E-state index is 10.7. The standard InChI is InChI=1S/C12H22N2O3/c13-11(16)3-6-14-7-4-12(5-8-14)10(15)2-1-9-17-12/h10,15H,1-9H2,(H2,13,16). The first kappa shape index (κ1) is 12.8. The van der Waals surface area contributed by atoms with Gasteiger partial charge in [0.15, 0.2) is 0 Å². The van der Waals surface area contributed by atoms with E-state index >= 15 is 0 Å². The molecule has 2 saturated heterocycles. The first-order chi connectivity index (χ1) is 8.12. The molecule has 1 unspecified atom stereocenters. The smallest absolute Gasteiger partial charge is 0.218 e. The van der Waals surface area contributed by atoms with Crippen LogP contribution >= 0.6 is 0 Å². The molecular weight excluding hydrogens is 220 g/mol. The number of primary amides is 1. The van der Waals surface area contributed by atoms with Crippen LogP contribution in [-0.2, 0) is 9.53 Å². The Balaban J connectivity index is 1.82. The van der Waals surface area contributed by atoms with Gasteiger partial charge in [0.05, 0.1) is 11.7 Å². The predicted octanol–water partition coefficient (Wildman–Crippen LogP) is -0.132. The fourth-order valence-corrected chi connectivity index (χ4v) is 2.81. The van der Waals surface area contributed by atoms with Crippen molar-refractivity contribution in [2.24, 2.45) is 5.73 Å². The molecule has 17 heavy (non-hydrogen) atoms. The number of ether oxygens (including phenoxy) is 1. The molecule has 0 bridgehead atoms. The summed E-state index contributed by atoms with van der Waals surface area (Å²) < 4.78 is 5.82. The highest BCUT2D eigenvalue weighted by Crippen LogP contribution is 2.35. The highest BCUT2D eigenvalue weighted by atomic mass is 16.5. The van der Waals surface area contributed by atoms with E-state index in [1.54, 1.807) is 0 Å². The van der Waals surface area contributed by atoms with E-state index in [4.69, 9.17) is 10.5 Å². The van der Waals surface area contributed by atoms with Gasteiger partial charge in [-0.2, -0.15) is 0 Å². The molecule has 1 spiro atoms. The number of rotatable bonds is 3. The lowest BCUT2D eigenvalue weighted by Gasteiger charge is -2.46.